The van der Waals surface area contributed by atoms with E-state index in [0.717, 1.165) is 59.9 Å². The number of carbonyl (C=O) groups excluding carboxylic acids is 1. The molecule has 0 N–H and O–H groups in total. The number of hydrogen-bond donors (Lipinski definition) is 0. The maximum atomic E-state index is 12.9. The zero-order valence-electron chi connectivity index (χ0n) is 16.4. The summed E-state index contributed by atoms with van der Waals surface area (Å²) >= 11 is 0. The van der Waals surface area contributed by atoms with Gasteiger partial charge in [-0.05, 0) is 37.3 Å². The summed E-state index contributed by atoms with van der Waals surface area (Å²) in [5, 5.41) is 5.94. The molecule has 1 aliphatic carbocycles. The predicted molar refractivity (Wildman–Crippen MR) is 108 cm³/mol. The van der Waals surface area contributed by atoms with Gasteiger partial charge >= 0.3 is 0 Å². The molecule has 0 radical (unpaired) electrons. The molecule has 1 aromatic carbocycles. The van der Waals surface area contributed by atoms with Gasteiger partial charge in [0.15, 0.2) is 5.49 Å². The van der Waals surface area contributed by atoms with E-state index in [-0.39, 0.29) is 5.91 Å². The molecule has 28 heavy (non-hydrogen) atoms. The minimum absolute atomic E-state index is 0.114. The van der Waals surface area contributed by atoms with E-state index in [1.165, 1.54) is 24.8 Å². The first kappa shape index (κ1) is 17.4. The van der Waals surface area contributed by atoms with Crippen LogP contribution in [-0.2, 0) is 11.3 Å². The minimum atomic E-state index is -0.114. The van der Waals surface area contributed by atoms with Gasteiger partial charge in [-0.2, -0.15) is 10.1 Å². The Hall–Kier alpha value is -2.69. The summed E-state index contributed by atoms with van der Waals surface area (Å²) in [7, 11) is 0. The van der Waals surface area contributed by atoms with Gasteiger partial charge in [0.25, 0.3) is 5.91 Å². The molecule has 5 rings (SSSR count). The number of fused-ring (bicyclic) bond motifs is 2. The number of nitrogens with zero attached hydrogens (tertiary/aromatic N) is 4. The number of aromatic nitrogens is 2. The van der Waals surface area contributed by atoms with Crippen LogP contribution < -0.4 is 10.7 Å². The van der Waals surface area contributed by atoms with Gasteiger partial charge in [0.05, 0.1) is 17.3 Å². The van der Waals surface area contributed by atoms with Gasteiger partial charge in [-0.15, -0.1) is 0 Å². The van der Waals surface area contributed by atoms with Crippen LogP contribution in [0.5, 0.6) is 0 Å². The van der Waals surface area contributed by atoms with Crippen molar-refractivity contribution in [1.29, 1.82) is 0 Å². The Morgan fingerprint density at radius 2 is 1.89 bits per heavy atom. The number of hydrogen-bond acceptors (Lipinski definition) is 3. The topological polar surface area (TPSA) is 50.5 Å². The minimum Gasteiger partial charge on any atom is -0.372 e. The Bertz CT molecular complexity index is 1060. The molecule has 0 unspecified atom stereocenters. The van der Waals surface area contributed by atoms with Crippen molar-refractivity contribution in [3.63, 3.8) is 0 Å². The van der Waals surface area contributed by atoms with Crippen LogP contribution in [-0.4, -0.2) is 27.1 Å². The van der Waals surface area contributed by atoms with E-state index in [0.29, 0.717) is 6.04 Å². The predicted octanol–water partition coefficient (Wildman–Crippen LogP) is 2.80. The van der Waals surface area contributed by atoms with E-state index in [2.05, 4.69) is 45.8 Å². The third-order valence-electron chi connectivity index (χ3n) is 6.23. The molecule has 3 aliphatic rings. The van der Waals surface area contributed by atoms with Crippen molar-refractivity contribution >= 4 is 11.5 Å². The molecule has 3 heterocycles. The van der Waals surface area contributed by atoms with Crippen LogP contribution in [0.25, 0.3) is 5.57 Å². The van der Waals surface area contributed by atoms with Gasteiger partial charge in [-0.25, -0.2) is 4.68 Å². The molecule has 0 atom stereocenters. The van der Waals surface area contributed by atoms with Crippen molar-refractivity contribution in [3.05, 3.63) is 64.1 Å². The maximum absolute atomic E-state index is 12.9. The third-order valence-corrected chi connectivity index (χ3v) is 6.23. The highest BCUT2D eigenvalue weighted by Crippen LogP contribution is 2.28. The van der Waals surface area contributed by atoms with Crippen molar-refractivity contribution in [2.45, 2.75) is 58.0 Å². The summed E-state index contributed by atoms with van der Waals surface area (Å²) in [6.45, 7) is 3.79. The molecule has 1 saturated carbocycles. The van der Waals surface area contributed by atoms with Crippen molar-refractivity contribution in [2.24, 2.45) is 4.99 Å². The second-order valence-electron chi connectivity index (χ2n) is 8.16. The Morgan fingerprint density at radius 1 is 1.11 bits per heavy atom. The summed E-state index contributed by atoms with van der Waals surface area (Å²) < 4.78 is 2.06. The lowest BCUT2D eigenvalue weighted by molar-refractivity contribution is -0.114. The van der Waals surface area contributed by atoms with Gasteiger partial charge in [-0.1, -0.05) is 49.6 Å². The van der Waals surface area contributed by atoms with Crippen molar-refractivity contribution < 1.29 is 4.79 Å². The summed E-state index contributed by atoms with van der Waals surface area (Å²) in [5.74, 6) is -0.114. The first-order chi connectivity index (χ1) is 13.7. The molecule has 1 aromatic heterocycles. The summed E-state index contributed by atoms with van der Waals surface area (Å²) in [4.78, 5) is 19.7. The second kappa shape index (κ2) is 7.04. The molecule has 2 aliphatic heterocycles. The van der Waals surface area contributed by atoms with Crippen LogP contribution in [0.3, 0.4) is 0 Å². The molecule has 0 saturated heterocycles. The van der Waals surface area contributed by atoms with E-state index in [1.54, 1.807) is 0 Å². The molecule has 2 aromatic rings. The van der Waals surface area contributed by atoms with Gasteiger partial charge in [0, 0.05) is 24.5 Å². The lowest BCUT2D eigenvalue weighted by atomic mass is 9.94. The quantitative estimate of drug-likeness (QED) is 0.830. The van der Waals surface area contributed by atoms with Crippen LogP contribution in [0.4, 0.5) is 0 Å². The highest BCUT2D eigenvalue weighted by molar-refractivity contribution is 6.07. The lowest BCUT2D eigenvalue weighted by Crippen LogP contribution is -2.41. The van der Waals surface area contributed by atoms with Gasteiger partial charge < -0.3 is 4.90 Å². The average Bonchev–Trinajstić information content (AvgIpc) is 3.06. The number of benzene rings is 1. The number of carbonyl (C=O) groups is 1. The highest BCUT2D eigenvalue weighted by Gasteiger charge is 2.29. The van der Waals surface area contributed by atoms with E-state index < -0.39 is 0 Å². The number of amides is 1. The molecule has 5 heteroatoms. The molecule has 144 valence electrons. The summed E-state index contributed by atoms with van der Waals surface area (Å²) in [6.07, 6.45) is 8.93. The van der Waals surface area contributed by atoms with Crippen LogP contribution in [0.2, 0.25) is 0 Å². The van der Waals surface area contributed by atoms with E-state index in [4.69, 9.17) is 5.10 Å². The molecule has 0 bridgehead atoms. The summed E-state index contributed by atoms with van der Waals surface area (Å²) in [5.41, 5.74) is 4.96. The Morgan fingerprint density at radius 3 is 2.68 bits per heavy atom. The first-order valence-electron chi connectivity index (χ1n) is 10.4. The zero-order valence-corrected chi connectivity index (χ0v) is 16.4. The van der Waals surface area contributed by atoms with Crippen molar-refractivity contribution in [3.8, 4) is 0 Å². The molecule has 0 spiro atoms. The zero-order chi connectivity index (χ0) is 19.1. The van der Waals surface area contributed by atoms with E-state index in [1.807, 2.05) is 12.3 Å². The third kappa shape index (κ3) is 2.99. The van der Waals surface area contributed by atoms with Crippen LogP contribution in [0, 0.1) is 6.92 Å². The normalized spacial score (nSPS) is 19.8. The fourth-order valence-electron chi connectivity index (χ4n) is 4.83. The van der Waals surface area contributed by atoms with Crippen LogP contribution in [0.1, 0.15) is 55.8 Å². The highest BCUT2D eigenvalue weighted by atomic mass is 16.1. The monoisotopic (exact) mass is 374 g/mol. The average molecular weight is 374 g/mol. The van der Waals surface area contributed by atoms with E-state index >= 15 is 0 Å². The molecule has 1 amide bonds. The van der Waals surface area contributed by atoms with Gasteiger partial charge in [0.2, 0.25) is 0 Å². The molecule has 1 fully saturated rings. The molecular weight excluding hydrogens is 348 g/mol. The maximum Gasteiger partial charge on any atom is 0.280 e. The fourth-order valence-corrected chi connectivity index (χ4v) is 4.83. The van der Waals surface area contributed by atoms with E-state index in [9.17, 15) is 4.79 Å². The number of rotatable bonds is 3. The smallest absolute Gasteiger partial charge is 0.280 e. The Balaban J connectivity index is 1.55. The van der Waals surface area contributed by atoms with Crippen LogP contribution >= 0.6 is 0 Å². The molecular formula is C23H26N4O. The van der Waals surface area contributed by atoms with Crippen molar-refractivity contribution in [1.82, 2.24) is 14.7 Å². The standard InChI is InChI=1S/C23H26N4O/c1-16-21-19-12-13-26(14-17-8-4-2-5-9-17)15-20(19)23(28)24-22(21)27(25-16)18-10-6-3-7-11-18/h2,4-5,8-9,15,18H,3,6-7,10-14H2,1H3. The van der Waals surface area contributed by atoms with Crippen molar-refractivity contribution in [2.75, 3.05) is 6.54 Å². The SMILES string of the molecule is Cc1nn(C2CCCCC2)c2c1=C1CCN(Cc3ccccc3)C=C1C(=O)N=2. The van der Waals surface area contributed by atoms with Gasteiger partial charge in [-0.3, -0.25) is 4.79 Å². The number of aryl methyl sites for hydroxylation is 1. The first-order valence-corrected chi connectivity index (χ1v) is 10.4. The largest absolute Gasteiger partial charge is 0.372 e. The Kier molecular flexibility index (Phi) is 4.38. The summed E-state index contributed by atoms with van der Waals surface area (Å²) in [6, 6.07) is 10.8. The second-order valence-corrected chi connectivity index (χ2v) is 8.16. The molecule has 5 nitrogen and oxygen atoms in total. The lowest BCUT2D eigenvalue weighted by Gasteiger charge is -2.28. The van der Waals surface area contributed by atoms with Crippen LogP contribution in [0.15, 0.2) is 47.1 Å². The Labute approximate surface area is 165 Å². The fraction of sp³-hybridized carbons (Fsp3) is 0.435. The van der Waals surface area contributed by atoms with Gasteiger partial charge in [0.1, 0.15) is 0 Å².